The molecule has 4 heteroatoms. The molecule has 18 heavy (non-hydrogen) atoms. The minimum Gasteiger partial charge on any atom is -0.385 e. The lowest BCUT2D eigenvalue weighted by molar-refractivity contribution is 0.146. The molecule has 4 nitrogen and oxygen atoms in total. The first-order valence-electron chi connectivity index (χ1n) is 7.18. The molecule has 1 atom stereocenters. The predicted octanol–water partition coefficient (Wildman–Crippen LogP) is 2.77. The summed E-state index contributed by atoms with van der Waals surface area (Å²) < 4.78 is 0. The predicted molar refractivity (Wildman–Crippen MR) is 73.5 cm³/mol. The summed E-state index contributed by atoms with van der Waals surface area (Å²) in [7, 11) is 0. The third-order valence-corrected chi connectivity index (χ3v) is 4.17. The molecule has 1 aliphatic carbocycles. The van der Waals surface area contributed by atoms with Crippen molar-refractivity contribution in [1.82, 2.24) is 4.90 Å². The molecule has 1 unspecified atom stereocenters. The van der Waals surface area contributed by atoms with Gasteiger partial charge in [-0.15, -0.1) is 0 Å². The summed E-state index contributed by atoms with van der Waals surface area (Å²) in [6.07, 6.45) is 5.39. The fourth-order valence-corrected chi connectivity index (χ4v) is 3.05. The van der Waals surface area contributed by atoms with Crippen LogP contribution in [0.15, 0.2) is 4.99 Å². The number of rotatable bonds is 6. The zero-order valence-corrected chi connectivity index (χ0v) is 11.8. The van der Waals surface area contributed by atoms with Crippen molar-refractivity contribution in [3.05, 3.63) is 0 Å². The summed E-state index contributed by atoms with van der Waals surface area (Å²) in [6.45, 7) is 7.31. The van der Waals surface area contributed by atoms with Gasteiger partial charge >= 0.3 is 6.03 Å². The van der Waals surface area contributed by atoms with Crippen LogP contribution in [0.5, 0.6) is 0 Å². The van der Waals surface area contributed by atoms with Gasteiger partial charge in [-0.3, -0.25) is 0 Å². The number of urea groups is 1. The van der Waals surface area contributed by atoms with E-state index in [0.717, 1.165) is 25.8 Å². The van der Waals surface area contributed by atoms with Gasteiger partial charge in [-0.1, -0.05) is 20.8 Å². The highest BCUT2D eigenvalue weighted by atomic mass is 16.2. The number of carbonyl (C=O) groups is 1. The number of aliphatic imine (C=N–C) groups is 1. The second-order valence-corrected chi connectivity index (χ2v) is 6.06. The maximum Gasteiger partial charge on any atom is 0.346 e. The first-order valence-corrected chi connectivity index (χ1v) is 7.18. The molecule has 2 N–H and O–H groups in total. The fraction of sp³-hybridized carbons (Fsp3) is 0.857. The Morgan fingerprint density at radius 2 is 2.17 bits per heavy atom. The zero-order chi connectivity index (χ0) is 13.3. The van der Waals surface area contributed by atoms with Gasteiger partial charge in [0.25, 0.3) is 0 Å². The van der Waals surface area contributed by atoms with Crippen LogP contribution in [0.1, 0.15) is 52.9 Å². The van der Waals surface area contributed by atoms with Crippen LogP contribution >= 0.6 is 0 Å². The van der Waals surface area contributed by atoms with E-state index in [9.17, 15) is 4.79 Å². The standard InChI is InChI=1S/C14H25N3O/c1-4-9-17-13(18)16-12(15)14(17,11-5-6-11)8-7-10(2)3/h10-11H,4-9H2,1-3H3,(H2,15,16,18). The van der Waals surface area contributed by atoms with E-state index in [4.69, 9.17) is 5.73 Å². The molecule has 0 saturated heterocycles. The van der Waals surface area contributed by atoms with Crippen LogP contribution in [0, 0.1) is 11.8 Å². The van der Waals surface area contributed by atoms with Crippen LogP contribution < -0.4 is 5.73 Å². The van der Waals surface area contributed by atoms with E-state index in [1.807, 2.05) is 4.90 Å². The molecule has 0 aromatic heterocycles. The number of hydrogen-bond donors (Lipinski definition) is 1. The maximum atomic E-state index is 12.0. The molecule has 2 amide bonds. The van der Waals surface area contributed by atoms with Crippen molar-refractivity contribution < 1.29 is 4.79 Å². The third kappa shape index (κ3) is 2.13. The molecule has 1 heterocycles. The number of nitrogens with zero attached hydrogens (tertiary/aromatic N) is 2. The summed E-state index contributed by atoms with van der Waals surface area (Å²) in [4.78, 5) is 18.0. The summed E-state index contributed by atoms with van der Waals surface area (Å²) in [5.41, 5.74) is 5.89. The molecule has 0 bridgehead atoms. The zero-order valence-electron chi connectivity index (χ0n) is 11.8. The van der Waals surface area contributed by atoms with Crippen molar-refractivity contribution in [2.24, 2.45) is 22.6 Å². The Kier molecular flexibility index (Phi) is 3.64. The Hall–Kier alpha value is -1.06. The minimum atomic E-state index is -0.253. The van der Waals surface area contributed by atoms with Crippen LogP contribution in [0.4, 0.5) is 4.79 Å². The van der Waals surface area contributed by atoms with E-state index in [-0.39, 0.29) is 11.6 Å². The SMILES string of the molecule is CCCN1C(=O)N=C(N)C1(CCC(C)C)C1CC1. The Morgan fingerprint density at radius 1 is 1.50 bits per heavy atom. The minimum absolute atomic E-state index is 0.120. The van der Waals surface area contributed by atoms with Crippen molar-refractivity contribution in [3.63, 3.8) is 0 Å². The lowest BCUT2D eigenvalue weighted by Crippen LogP contribution is -2.56. The van der Waals surface area contributed by atoms with Gasteiger partial charge in [0.2, 0.25) is 0 Å². The summed E-state index contributed by atoms with van der Waals surface area (Å²) in [6, 6.07) is -0.120. The molecule has 0 aromatic carbocycles. The third-order valence-electron chi connectivity index (χ3n) is 4.17. The van der Waals surface area contributed by atoms with E-state index in [1.54, 1.807) is 0 Å². The molecule has 2 rings (SSSR count). The van der Waals surface area contributed by atoms with Crippen molar-refractivity contribution in [2.75, 3.05) is 6.54 Å². The number of amidine groups is 1. The lowest BCUT2D eigenvalue weighted by atomic mass is 9.83. The fourth-order valence-electron chi connectivity index (χ4n) is 3.05. The number of carbonyl (C=O) groups excluding carboxylic acids is 1. The Balaban J connectivity index is 2.24. The van der Waals surface area contributed by atoms with E-state index < -0.39 is 0 Å². The molecule has 1 aliphatic heterocycles. The second kappa shape index (κ2) is 4.90. The van der Waals surface area contributed by atoms with E-state index in [1.165, 1.54) is 12.8 Å². The normalized spacial score (nSPS) is 28.1. The van der Waals surface area contributed by atoms with E-state index in [0.29, 0.717) is 17.7 Å². The summed E-state index contributed by atoms with van der Waals surface area (Å²) in [5.74, 6) is 1.75. The lowest BCUT2D eigenvalue weighted by Gasteiger charge is -2.39. The Labute approximate surface area is 110 Å². The Morgan fingerprint density at radius 3 is 2.67 bits per heavy atom. The van der Waals surface area contributed by atoms with Crippen LogP contribution in [0.25, 0.3) is 0 Å². The van der Waals surface area contributed by atoms with Gasteiger partial charge in [0, 0.05) is 6.54 Å². The molecular formula is C14H25N3O. The first kappa shape index (κ1) is 13.4. The van der Waals surface area contributed by atoms with Gasteiger partial charge < -0.3 is 10.6 Å². The van der Waals surface area contributed by atoms with Gasteiger partial charge in [0.1, 0.15) is 11.4 Å². The van der Waals surface area contributed by atoms with Crippen molar-refractivity contribution in [1.29, 1.82) is 0 Å². The van der Waals surface area contributed by atoms with Crippen LogP contribution in [-0.2, 0) is 0 Å². The Bertz CT molecular complexity index is 360. The molecule has 0 aromatic rings. The van der Waals surface area contributed by atoms with E-state index >= 15 is 0 Å². The largest absolute Gasteiger partial charge is 0.385 e. The van der Waals surface area contributed by atoms with Crippen molar-refractivity contribution >= 4 is 11.9 Å². The van der Waals surface area contributed by atoms with Gasteiger partial charge in [0.05, 0.1) is 0 Å². The molecular weight excluding hydrogens is 226 g/mol. The van der Waals surface area contributed by atoms with Crippen LogP contribution in [0.2, 0.25) is 0 Å². The highest BCUT2D eigenvalue weighted by molar-refractivity contribution is 6.06. The first-order chi connectivity index (χ1) is 8.52. The molecule has 0 radical (unpaired) electrons. The van der Waals surface area contributed by atoms with Crippen LogP contribution in [0.3, 0.4) is 0 Å². The van der Waals surface area contributed by atoms with Gasteiger partial charge in [-0.05, 0) is 43.9 Å². The second-order valence-electron chi connectivity index (χ2n) is 6.06. The molecule has 102 valence electrons. The quantitative estimate of drug-likeness (QED) is 0.789. The summed E-state index contributed by atoms with van der Waals surface area (Å²) >= 11 is 0. The molecule has 0 spiro atoms. The van der Waals surface area contributed by atoms with Crippen molar-refractivity contribution in [2.45, 2.75) is 58.4 Å². The number of hydrogen-bond acceptors (Lipinski definition) is 2. The number of amides is 2. The average Bonchev–Trinajstić information content (AvgIpc) is 3.09. The molecule has 1 fully saturated rings. The average molecular weight is 251 g/mol. The van der Waals surface area contributed by atoms with E-state index in [2.05, 4.69) is 25.8 Å². The van der Waals surface area contributed by atoms with Crippen LogP contribution in [-0.4, -0.2) is 28.9 Å². The highest BCUT2D eigenvalue weighted by Crippen LogP contribution is 2.48. The summed E-state index contributed by atoms with van der Waals surface area (Å²) in [5, 5.41) is 0. The van der Waals surface area contributed by atoms with Gasteiger partial charge in [-0.25, -0.2) is 4.79 Å². The maximum absolute atomic E-state index is 12.0. The van der Waals surface area contributed by atoms with Gasteiger partial charge in [0.15, 0.2) is 0 Å². The highest BCUT2D eigenvalue weighted by Gasteiger charge is 2.56. The van der Waals surface area contributed by atoms with Crippen molar-refractivity contribution in [3.8, 4) is 0 Å². The number of nitrogens with two attached hydrogens (primary N) is 1. The topological polar surface area (TPSA) is 58.7 Å². The molecule has 1 saturated carbocycles. The smallest absolute Gasteiger partial charge is 0.346 e. The monoisotopic (exact) mass is 251 g/mol. The molecule has 2 aliphatic rings. The van der Waals surface area contributed by atoms with Gasteiger partial charge in [-0.2, -0.15) is 4.99 Å².